The lowest BCUT2D eigenvalue weighted by Crippen LogP contribution is -2.05. The van der Waals surface area contributed by atoms with Crippen molar-refractivity contribution < 1.29 is 0 Å². The number of aromatic nitrogens is 2. The standard InChI is InChI=1S/C17H20BrN3/c1-3-8-19-16-10-15(12-4-5-12)20-17(21-16)13-6-7-14(18)11(2)9-13/h6-7,9-10,12H,3-5,8H2,1-2H3,(H,19,20,21). The van der Waals surface area contributed by atoms with E-state index in [4.69, 9.17) is 4.98 Å². The summed E-state index contributed by atoms with van der Waals surface area (Å²) in [4.78, 5) is 9.46. The number of anilines is 1. The summed E-state index contributed by atoms with van der Waals surface area (Å²) in [5, 5.41) is 3.39. The van der Waals surface area contributed by atoms with Gasteiger partial charge >= 0.3 is 0 Å². The predicted molar refractivity (Wildman–Crippen MR) is 90.7 cm³/mol. The second-order valence-corrected chi connectivity index (χ2v) is 6.52. The van der Waals surface area contributed by atoms with Crippen molar-refractivity contribution in [2.45, 2.75) is 39.0 Å². The first-order valence-electron chi connectivity index (χ1n) is 7.56. The Labute approximate surface area is 134 Å². The minimum atomic E-state index is 0.630. The number of nitrogens with zero attached hydrogens (tertiary/aromatic N) is 2. The zero-order valence-corrected chi connectivity index (χ0v) is 14.1. The van der Waals surface area contributed by atoms with Crippen LogP contribution in [0.1, 0.15) is 43.4 Å². The summed E-state index contributed by atoms with van der Waals surface area (Å²) in [5.74, 6) is 2.41. The van der Waals surface area contributed by atoms with Crippen LogP contribution < -0.4 is 5.32 Å². The Balaban J connectivity index is 1.99. The maximum absolute atomic E-state index is 4.78. The molecule has 110 valence electrons. The van der Waals surface area contributed by atoms with Crippen molar-refractivity contribution in [3.63, 3.8) is 0 Å². The number of benzene rings is 1. The molecule has 4 heteroatoms. The molecule has 0 amide bonds. The molecule has 2 aromatic rings. The Hall–Kier alpha value is -1.42. The van der Waals surface area contributed by atoms with E-state index in [-0.39, 0.29) is 0 Å². The summed E-state index contributed by atoms with van der Waals surface area (Å²) in [7, 11) is 0. The second-order valence-electron chi connectivity index (χ2n) is 5.67. The summed E-state index contributed by atoms with van der Waals surface area (Å²) in [6.07, 6.45) is 3.60. The van der Waals surface area contributed by atoms with E-state index in [1.54, 1.807) is 0 Å². The third-order valence-corrected chi connectivity index (χ3v) is 4.60. The smallest absolute Gasteiger partial charge is 0.161 e. The first-order chi connectivity index (χ1) is 10.2. The average Bonchev–Trinajstić information content (AvgIpc) is 3.32. The molecule has 0 unspecified atom stereocenters. The van der Waals surface area contributed by atoms with E-state index in [1.807, 2.05) is 0 Å². The molecular formula is C17H20BrN3. The Morgan fingerprint density at radius 1 is 1.24 bits per heavy atom. The van der Waals surface area contributed by atoms with Gasteiger partial charge in [-0.3, -0.25) is 0 Å². The highest BCUT2D eigenvalue weighted by atomic mass is 79.9. The van der Waals surface area contributed by atoms with Crippen LogP contribution >= 0.6 is 15.9 Å². The van der Waals surface area contributed by atoms with E-state index >= 15 is 0 Å². The van der Waals surface area contributed by atoms with E-state index in [0.717, 1.165) is 34.6 Å². The quantitative estimate of drug-likeness (QED) is 0.836. The van der Waals surface area contributed by atoms with Crippen molar-refractivity contribution in [1.82, 2.24) is 9.97 Å². The van der Waals surface area contributed by atoms with Crippen LogP contribution in [-0.2, 0) is 0 Å². The number of hydrogen-bond donors (Lipinski definition) is 1. The molecule has 0 aliphatic heterocycles. The highest BCUT2D eigenvalue weighted by Gasteiger charge is 2.26. The summed E-state index contributed by atoms with van der Waals surface area (Å²) in [6, 6.07) is 8.39. The van der Waals surface area contributed by atoms with Crippen molar-refractivity contribution in [2.75, 3.05) is 11.9 Å². The maximum atomic E-state index is 4.78. The average molecular weight is 346 g/mol. The van der Waals surface area contributed by atoms with Crippen LogP contribution in [0.2, 0.25) is 0 Å². The predicted octanol–water partition coefficient (Wildman–Crippen LogP) is 4.91. The molecule has 1 aliphatic carbocycles. The fourth-order valence-electron chi connectivity index (χ4n) is 2.31. The molecule has 1 aliphatic rings. The van der Waals surface area contributed by atoms with Gasteiger partial charge in [0, 0.05) is 34.3 Å². The van der Waals surface area contributed by atoms with Crippen LogP contribution in [-0.4, -0.2) is 16.5 Å². The Morgan fingerprint density at radius 3 is 2.71 bits per heavy atom. The van der Waals surface area contributed by atoms with Gasteiger partial charge in [-0.15, -0.1) is 0 Å². The van der Waals surface area contributed by atoms with Crippen molar-refractivity contribution in [3.05, 3.63) is 40.0 Å². The van der Waals surface area contributed by atoms with E-state index in [2.05, 4.69) is 64.3 Å². The monoisotopic (exact) mass is 345 g/mol. The lowest BCUT2D eigenvalue weighted by Gasteiger charge is -2.10. The van der Waals surface area contributed by atoms with Gasteiger partial charge in [-0.1, -0.05) is 28.9 Å². The van der Waals surface area contributed by atoms with Crippen LogP contribution in [0.25, 0.3) is 11.4 Å². The molecule has 0 bridgehead atoms. The van der Waals surface area contributed by atoms with Crippen molar-refractivity contribution in [2.24, 2.45) is 0 Å². The molecule has 0 atom stereocenters. The van der Waals surface area contributed by atoms with Gasteiger partial charge in [0.25, 0.3) is 0 Å². The minimum Gasteiger partial charge on any atom is -0.370 e. The van der Waals surface area contributed by atoms with Gasteiger partial charge in [0.2, 0.25) is 0 Å². The second kappa shape index (κ2) is 6.14. The molecule has 1 aromatic carbocycles. The normalized spacial score (nSPS) is 14.2. The van der Waals surface area contributed by atoms with E-state index in [0.29, 0.717) is 5.92 Å². The van der Waals surface area contributed by atoms with Crippen molar-refractivity contribution in [3.8, 4) is 11.4 Å². The fraction of sp³-hybridized carbons (Fsp3) is 0.412. The zero-order valence-electron chi connectivity index (χ0n) is 12.5. The zero-order chi connectivity index (χ0) is 14.8. The highest BCUT2D eigenvalue weighted by molar-refractivity contribution is 9.10. The molecule has 0 radical (unpaired) electrons. The van der Waals surface area contributed by atoms with Crippen LogP contribution in [0.3, 0.4) is 0 Å². The van der Waals surface area contributed by atoms with Gasteiger partial charge in [0.1, 0.15) is 5.82 Å². The van der Waals surface area contributed by atoms with Gasteiger partial charge in [-0.2, -0.15) is 0 Å². The van der Waals surface area contributed by atoms with E-state index in [1.165, 1.54) is 24.1 Å². The molecule has 1 aromatic heterocycles. The largest absolute Gasteiger partial charge is 0.370 e. The molecule has 1 saturated carbocycles. The third kappa shape index (κ3) is 3.43. The highest BCUT2D eigenvalue weighted by Crippen LogP contribution is 2.40. The number of aryl methyl sites for hydroxylation is 1. The Bertz CT molecular complexity index is 650. The van der Waals surface area contributed by atoms with Gasteiger partial charge in [0.15, 0.2) is 5.82 Å². The topological polar surface area (TPSA) is 37.8 Å². The molecule has 1 heterocycles. The lowest BCUT2D eigenvalue weighted by atomic mass is 10.1. The van der Waals surface area contributed by atoms with Crippen molar-refractivity contribution in [1.29, 1.82) is 0 Å². The molecule has 21 heavy (non-hydrogen) atoms. The fourth-order valence-corrected chi connectivity index (χ4v) is 2.56. The first kappa shape index (κ1) is 14.5. The SMILES string of the molecule is CCCNc1cc(C2CC2)nc(-c2ccc(Br)c(C)c2)n1. The van der Waals surface area contributed by atoms with Crippen LogP contribution in [0.15, 0.2) is 28.7 Å². The summed E-state index contributed by atoms with van der Waals surface area (Å²) >= 11 is 3.55. The number of halogens is 1. The van der Waals surface area contributed by atoms with E-state index in [9.17, 15) is 0 Å². The summed E-state index contributed by atoms with van der Waals surface area (Å²) in [5.41, 5.74) is 3.47. The molecule has 3 nitrogen and oxygen atoms in total. The Morgan fingerprint density at radius 2 is 2.05 bits per heavy atom. The maximum Gasteiger partial charge on any atom is 0.161 e. The molecular weight excluding hydrogens is 326 g/mol. The first-order valence-corrected chi connectivity index (χ1v) is 8.36. The third-order valence-electron chi connectivity index (χ3n) is 3.71. The molecule has 0 saturated heterocycles. The van der Waals surface area contributed by atoms with Crippen LogP contribution in [0.4, 0.5) is 5.82 Å². The van der Waals surface area contributed by atoms with Gasteiger partial charge in [-0.05, 0) is 43.9 Å². The van der Waals surface area contributed by atoms with Gasteiger partial charge in [0.05, 0.1) is 0 Å². The lowest BCUT2D eigenvalue weighted by molar-refractivity contribution is 0.948. The van der Waals surface area contributed by atoms with Crippen LogP contribution in [0, 0.1) is 6.92 Å². The summed E-state index contributed by atoms with van der Waals surface area (Å²) < 4.78 is 1.12. The van der Waals surface area contributed by atoms with Gasteiger partial charge < -0.3 is 5.32 Å². The van der Waals surface area contributed by atoms with Gasteiger partial charge in [-0.25, -0.2) is 9.97 Å². The molecule has 0 spiro atoms. The summed E-state index contributed by atoms with van der Waals surface area (Å²) in [6.45, 7) is 5.20. The Kier molecular flexibility index (Phi) is 4.24. The van der Waals surface area contributed by atoms with E-state index < -0.39 is 0 Å². The number of hydrogen-bond acceptors (Lipinski definition) is 3. The molecule has 1 N–H and O–H groups in total. The molecule has 3 rings (SSSR count). The van der Waals surface area contributed by atoms with Crippen LogP contribution in [0.5, 0.6) is 0 Å². The number of rotatable bonds is 5. The molecule has 1 fully saturated rings. The number of nitrogens with one attached hydrogen (secondary N) is 1. The van der Waals surface area contributed by atoms with Crippen molar-refractivity contribution >= 4 is 21.7 Å². The minimum absolute atomic E-state index is 0.630.